The van der Waals surface area contributed by atoms with E-state index in [0.717, 1.165) is 0 Å². The van der Waals surface area contributed by atoms with Crippen molar-refractivity contribution in [2.45, 2.75) is 37.8 Å². The first-order valence-electron chi connectivity index (χ1n) is 6.89. The summed E-state index contributed by atoms with van der Waals surface area (Å²) in [7, 11) is -2.37. The van der Waals surface area contributed by atoms with Gasteiger partial charge in [-0.3, -0.25) is 0 Å². The van der Waals surface area contributed by atoms with Gasteiger partial charge in [-0.25, -0.2) is 12.8 Å². The standard InChI is InChI=1S/C14H21FN2O3S.ClH/c1-9-13(6-5-12(20-4)14(9)15)21(18,19)17-8-7-16-10(2)11(17)3;/h5-6,10-11,16H,7-8H2,1-4H3;1H. The van der Waals surface area contributed by atoms with Crippen molar-refractivity contribution in [3.8, 4) is 5.75 Å². The molecule has 2 atom stereocenters. The Morgan fingerprint density at radius 3 is 2.59 bits per heavy atom. The summed E-state index contributed by atoms with van der Waals surface area (Å²) in [4.78, 5) is 0.00162. The number of piperazine rings is 1. The lowest BCUT2D eigenvalue weighted by Gasteiger charge is -2.37. The summed E-state index contributed by atoms with van der Waals surface area (Å²) in [6, 6.07) is 2.63. The second kappa shape index (κ2) is 7.12. The lowest BCUT2D eigenvalue weighted by atomic mass is 10.1. The summed E-state index contributed by atoms with van der Waals surface area (Å²) in [6.45, 7) is 6.21. The van der Waals surface area contributed by atoms with Crippen LogP contribution in [-0.4, -0.2) is 45.0 Å². The van der Waals surface area contributed by atoms with Gasteiger partial charge in [-0.15, -0.1) is 12.4 Å². The van der Waals surface area contributed by atoms with Crippen molar-refractivity contribution >= 4 is 22.4 Å². The molecule has 0 saturated carbocycles. The maximum atomic E-state index is 14.1. The fourth-order valence-corrected chi connectivity index (χ4v) is 4.49. The molecule has 0 aliphatic carbocycles. The minimum absolute atomic E-state index is 0. The zero-order chi connectivity index (χ0) is 15.8. The molecule has 2 rings (SSSR count). The van der Waals surface area contributed by atoms with Crippen molar-refractivity contribution in [2.75, 3.05) is 20.2 Å². The van der Waals surface area contributed by atoms with Gasteiger partial charge in [-0.1, -0.05) is 0 Å². The average Bonchev–Trinajstić information content (AvgIpc) is 2.44. The van der Waals surface area contributed by atoms with Crippen LogP contribution in [0.3, 0.4) is 0 Å². The maximum absolute atomic E-state index is 14.1. The lowest BCUT2D eigenvalue weighted by Crippen LogP contribution is -2.57. The number of rotatable bonds is 3. The number of methoxy groups -OCH3 is 1. The molecule has 1 fully saturated rings. The van der Waals surface area contributed by atoms with Gasteiger partial charge in [-0.2, -0.15) is 4.31 Å². The van der Waals surface area contributed by atoms with E-state index in [9.17, 15) is 12.8 Å². The number of ether oxygens (including phenoxy) is 1. The van der Waals surface area contributed by atoms with Crippen LogP contribution < -0.4 is 10.1 Å². The Labute approximate surface area is 137 Å². The van der Waals surface area contributed by atoms with Gasteiger partial charge in [0, 0.05) is 30.7 Å². The van der Waals surface area contributed by atoms with Gasteiger partial charge < -0.3 is 10.1 Å². The third kappa shape index (κ3) is 3.22. The molecule has 8 heteroatoms. The number of hydrogen-bond acceptors (Lipinski definition) is 4. The second-order valence-electron chi connectivity index (χ2n) is 5.30. The summed E-state index contributed by atoms with van der Waals surface area (Å²) in [5.41, 5.74) is 0.0905. The van der Waals surface area contributed by atoms with Gasteiger partial charge in [0.2, 0.25) is 10.0 Å². The zero-order valence-corrected chi connectivity index (χ0v) is 14.7. The Balaban J connectivity index is 0.00000242. The molecular formula is C14H22ClFN2O3S. The van der Waals surface area contributed by atoms with Crippen molar-refractivity contribution < 1.29 is 17.5 Å². The van der Waals surface area contributed by atoms with E-state index >= 15 is 0 Å². The van der Waals surface area contributed by atoms with Crippen LogP contribution in [0.15, 0.2) is 17.0 Å². The highest BCUT2D eigenvalue weighted by molar-refractivity contribution is 7.89. The molecule has 0 radical (unpaired) electrons. The molecule has 0 bridgehead atoms. The lowest BCUT2D eigenvalue weighted by molar-refractivity contribution is 0.232. The molecule has 1 aliphatic heterocycles. The quantitative estimate of drug-likeness (QED) is 0.903. The molecule has 1 aromatic carbocycles. The molecule has 126 valence electrons. The molecular weight excluding hydrogens is 331 g/mol. The van der Waals surface area contributed by atoms with E-state index in [4.69, 9.17) is 4.74 Å². The highest BCUT2D eigenvalue weighted by atomic mass is 35.5. The van der Waals surface area contributed by atoms with Crippen LogP contribution in [0.2, 0.25) is 0 Å². The van der Waals surface area contributed by atoms with E-state index in [2.05, 4.69) is 5.32 Å². The molecule has 0 spiro atoms. The number of nitrogens with zero attached hydrogens (tertiary/aromatic N) is 1. The van der Waals surface area contributed by atoms with Gasteiger partial charge >= 0.3 is 0 Å². The molecule has 2 unspecified atom stereocenters. The van der Waals surface area contributed by atoms with Crippen molar-refractivity contribution in [3.63, 3.8) is 0 Å². The Morgan fingerprint density at radius 1 is 1.36 bits per heavy atom. The topological polar surface area (TPSA) is 58.6 Å². The smallest absolute Gasteiger partial charge is 0.243 e. The van der Waals surface area contributed by atoms with Crippen molar-refractivity contribution in [3.05, 3.63) is 23.5 Å². The van der Waals surface area contributed by atoms with E-state index < -0.39 is 15.8 Å². The average molecular weight is 353 g/mol. The van der Waals surface area contributed by atoms with Crippen LogP contribution in [0, 0.1) is 12.7 Å². The van der Waals surface area contributed by atoms with Crippen molar-refractivity contribution in [1.82, 2.24) is 9.62 Å². The number of nitrogens with one attached hydrogen (secondary N) is 1. The van der Waals surface area contributed by atoms with Crippen LogP contribution >= 0.6 is 12.4 Å². The van der Waals surface area contributed by atoms with E-state index in [1.165, 1.54) is 30.5 Å². The Kier molecular flexibility index (Phi) is 6.20. The van der Waals surface area contributed by atoms with E-state index in [1.807, 2.05) is 13.8 Å². The summed E-state index contributed by atoms with van der Waals surface area (Å²) < 4.78 is 46.0. The fourth-order valence-electron chi connectivity index (χ4n) is 2.57. The van der Waals surface area contributed by atoms with Gasteiger partial charge in [-0.05, 0) is 32.9 Å². The highest BCUT2D eigenvalue weighted by Gasteiger charge is 2.35. The first-order valence-corrected chi connectivity index (χ1v) is 8.33. The van der Waals surface area contributed by atoms with Crippen LogP contribution in [-0.2, 0) is 10.0 Å². The van der Waals surface area contributed by atoms with Gasteiger partial charge in [0.1, 0.15) is 0 Å². The van der Waals surface area contributed by atoms with Crippen molar-refractivity contribution in [1.29, 1.82) is 0 Å². The van der Waals surface area contributed by atoms with E-state index in [0.29, 0.717) is 13.1 Å². The van der Waals surface area contributed by atoms with E-state index in [-0.39, 0.29) is 40.7 Å². The largest absolute Gasteiger partial charge is 0.494 e. The molecule has 1 heterocycles. The summed E-state index contributed by atoms with van der Waals surface area (Å²) >= 11 is 0. The second-order valence-corrected chi connectivity index (χ2v) is 7.16. The molecule has 1 N–H and O–H groups in total. The number of hydrogen-bond donors (Lipinski definition) is 1. The fraction of sp³-hybridized carbons (Fsp3) is 0.571. The molecule has 0 aromatic heterocycles. The maximum Gasteiger partial charge on any atom is 0.243 e. The van der Waals surface area contributed by atoms with Gasteiger partial charge in [0.05, 0.1) is 12.0 Å². The van der Waals surface area contributed by atoms with Crippen LogP contribution in [0.25, 0.3) is 0 Å². The SMILES string of the molecule is COc1ccc(S(=O)(=O)N2CCNC(C)C2C)c(C)c1F.Cl. The third-order valence-electron chi connectivity index (χ3n) is 4.08. The minimum atomic E-state index is -3.72. The van der Waals surface area contributed by atoms with Crippen molar-refractivity contribution in [2.24, 2.45) is 0 Å². The molecule has 1 aromatic rings. The zero-order valence-electron chi connectivity index (χ0n) is 13.1. The Bertz CT molecular complexity index is 639. The Hall–Kier alpha value is -0.890. The number of halogens is 2. The first-order chi connectivity index (χ1) is 9.80. The predicted octanol–water partition coefficient (Wildman–Crippen LogP) is 1.94. The highest BCUT2D eigenvalue weighted by Crippen LogP contribution is 2.29. The molecule has 1 aliphatic rings. The number of sulfonamides is 1. The third-order valence-corrected chi connectivity index (χ3v) is 6.21. The molecule has 22 heavy (non-hydrogen) atoms. The summed E-state index contributed by atoms with van der Waals surface area (Å²) in [5, 5.41) is 3.23. The molecule has 5 nitrogen and oxygen atoms in total. The molecule has 0 amide bonds. The summed E-state index contributed by atoms with van der Waals surface area (Å²) in [6.07, 6.45) is 0. The summed E-state index contributed by atoms with van der Waals surface area (Å²) in [5.74, 6) is -0.581. The minimum Gasteiger partial charge on any atom is -0.494 e. The van der Waals surface area contributed by atoms with E-state index in [1.54, 1.807) is 0 Å². The van der Waals surface area contributed by atoms with Crippen LogP contribution in [0.1, 0.15) is 19.4 Å². The normalized spacial score (nSPS) is 23.0. The Morgan fingerprint density at radius 2 is 2.00 bits per heavy atom. The first kappa shape index (κ1) is 19.2. The van der Waals surface area contributed by atoms with Gasteiger partial charge in [0.15, 0.2) is 11.6 Å². The van der Waals surface area contributed by atoms with Crippen LogP contribution in [0.5, 0.6) is 5.75 Å². The van der Waals surface area contributed by atoms with Crippen LogP contribution in [0.4, 0.5) is 4.39 Å². The molecule has 1 saturated heterocycles. The number of benzene rings is 1. The monoisotopic (exact) mass is 352 g/mol. The van der Waals surface area contributed by atoms with Gasteiger partial charge in [0.25, 0.3) is 0 Å². The predicted molar refractivity (Wildman–Crippen MR) is 85.8 cm³/mol.